The van der Waals surface area contributed by atoms with Crippen LogP contribution in [0.15, 0.2) is 0 Å². The molecule has 3 N–H and O–H groups in total. The summed E-state index contributed by atoms with van der Waals surface area (Å²) in [6, 6.07) is 0. The molecule has 4 heteroatoms. The van der Waals surface area contributed by atoms with Gasteiger partial charge in [-0.3, -0.25) is 4.79 Å². The number of nitrogens with two attached hydrogens (primary N) is 1. The maximum Gasteiger partial charge on any atom is 0.242 e. The number of hydrogen-bond donors (Lipinski definition) is 2. The Bertz CT molecular complexity index is 220. The second-order valence-electron chi connectivity index (χ2n) is 4.27. The largest absolute Gasteiger partial charge is 0.396 e. The van der Waals surface area contributed by atoms with Crippen LogP contribution >= 0.6 is 0 Å². The van der Waals surface area contributed by atoms with Gasteiger partial charge in [0, 0.05) is 25.6 Å². The average Bonchev–Trinajstić information content (AvgIpc) is 1.98. The lowest BCUT2D eigenvalue weighted by molar-refractivity contribution is -0.147. The molecule has 1 saturated carbocycles. The predicted molar refractivity (Wildman–Crippen MR) is 47.9 cm³/mol. The smallest absolute Gasteiger partial charge is 0.242 e. The lowest BCUT2D eigenvalue weighted by atomic mass is 9.76. The Morgan fingerprint density at radius 3 is 2.54 bits per heavy atom. The summed E-state index contributed by atoms with van der Waals surface area (Å²) in [5.41, 5.74) is 5.33. The van der Waals surface area contributed by atoms with Crippen LogP contribution in [-0.4, -0.2) is 41.1 Å². The Hall–Kier alpha value is -0.610. The van der Waals surface area contributed by atoms with Crippen LogP contribution in [0.1, 0.15) is 19.3 Å². The molecule has 1 saturated heterocycles. The quantitative estimate of drug-likeness (QED) is 0.597. The fourth-order valence-corrected chi connectivity index (χ4v) is 1.94. The number of aliphatic hydroxyl groups is 1. The average molecular weight is 184 g/mol. The van der Waals surface area contributed by atoms with Gasteiger partial charge in [0.05, 0.1) is 5.54 Å². The van der Waals surface area contributed by atoms with Gasteiger partial charge in [0.25, 0.3) is 0 Å². The van der Waals surface area contributed by atoms with Crippen molar-refractivity contribution >= 4 is 5.91 Å². The van der Waals surface area contributed by atoms with Crippen molar-refractivity contribution in [2.75, 3.05) is 19.7 Å². The molecule has 0 radical (unpaired) electrons. The van der Waals surface area contributed by atoms with Gasteiger partial charge in [0.15, 0.2) is 0 Å². The number of hydrogen-bond acceptors (Lipinski definition) is 3. The van der Waals surface area contributed by atoms with E-state index in [1.165, 1.54) is 0 Å². The normalized spacial score (nSPS) is 26.5. The zero-order valence-electron chi connectivity index (χ0n) is 7.70. The van der Waals surface area contributed by atoms with E-state index in [0.29, 0.717) is 13.1 Å². The molecule has 0 aromatic heterocycles. The highest BCUT2D eigenvalue weighted by Gasteiger charge is 2.45. The zero-order valence-corrected chi connectivity index (χ0v) is 7.70. The van der Waals surface area contributed by atoms with Gasteiger partial charge in [-0.25, -0.2) is 0 Å². The number of carbonyl (C=O) groups excluding carboxylic acids is 1. The highest BCUT2D eigenvalue weighted by atomic mass is 16.3. The van der Waals surface area contributed by atoms with E-state index in [2.05, 4.69) is 0 Å². The highest BCUT2D eigenvalue weighted by molar-refractivity contribution is 5.87. The Morgan fingerprint density at radius 1 is 1.54 bits per heavy atom. The lowest BCUT2D eigenvalue weighted by Gasteiger charge is -2.46. The fourth-order valence-electron chi connectivity index (χ4n) is 1.94. The van der Waals surface area contributed by atoms with Crippen molar-refractivity contribution in [1.82, 2.24) is 4.90 Å². The molecule has 0 bridgehead atoms. The maximum atomic E-state index is 11.7. The number of aliphatic hydroxyl groups excluding tert-OH is 1. The van der Waals surface area contributed by atoms with Crippen LogP contribution in [0.2, 0.25) is 0 Å². The van der Waals surface area contributed by atoms with Gasteiger partial charge in [0.2, 0.25) is 5.91 Å². The van der Waals surface area contributed by atoms with Gasteiger partial charge in [-0.15, -0.1) is 0 Å². The third-order valence-corrected chi connectivity index (χ3v) is 3.17. The fraction of sp³-hybridized carbons (Fsp3) is 0.889. The Balaban J connectivity index is 1.86. The van der Waals surface area contributed by atoms with E-state index in [1.54, 1.807) is 4.90 Å². The summed E-state index contributed by atoms with van der Waals surface area (Å²) >= 11 is 0. The molecule has 74 valence electrons. The molecule has 2 aliphatic rings. The summed E-state index contributed by atoms with van der Waals surface area (Å²) in [6.07, 6.45) is 2.72. The summed E-state index contributed by atoms with van der Waals surface area (Å²) in [7, 11) is 0. The molecular formula is C9H16N2O2. The van der Waals surface area contributed by atoms with Crippen molar-refractivity contribution in [3.05, 3.63) is 0 Å². The summed E-state index contributed by atoms with van der Waals surface area (Å²) < 4.78 is 0. The van der Waals surface area contributed by atoms with Crippen molar-refractivity contribution < 1.29 is 9.90 Å². The molecule has 0 unspecified atom stereocenters. The standard InChI is InChI=1S/C9H16N2O2/c10-9(2-1-3-9)8(13)11-4-7(5-11)6-12/h7,12H,1-6,10H2. The lowest BCUT2D eigenvalue weighted by Crippen LogP contribution is -2.64. The van der Waals surface area contributed by atoms with Crippen LogP contribution in [0, 0.1) is 5.92 Å². The van der Waals surface area contributed by atoms with Crippen LogP contribution in [0.25, 0.3) is 0 Å². The summed E-state index contributed by atoms with van der Waals surface area (Å²) in [6.45, 7) is 1.56. The van der Waals surface area contributed by atoms with Gasteiger partial charge < -0.3 is 15.7 Å². The first-order valence-corrected chi connectivity index (χ1v) is 4.85. The summed E-state index contributed by atoms with van der Waals surface area (Å²) in [5, 5.41) is 8.79. The Labute approximate surface area is 77.7 Å². The zero-order chi connectivity index (χ0) is 9.47. The van der Waals surface area contributed by atoms with Crippen molar-refractivity contribution in [1.29, 1.82) is 0 Å². The summed E-state index contributed by atoms with van der Waals surface area (Å²) in [5.74, 6) is 0.371. The maximum absolute atomic E-state index is 11.7. The van der Waals surface area contributed by atoms with Gasteiger partial charge in [0.1, 0.15) is 0 Å². The second kappa shape index (κ2) is 2.96. The first-order valence-electron chi connectivity index (χ1n) is 4.85. The van der Waals surface area contributed by atoms with Gasteiger partial charge in [-0.05, 0) is 19.3 Å². The van der Waals surface area contributed by atoms with Crippen molar-refractivity contribution in [3.8, 4) is 0 Å². The monoisotopic (exact) mass is 184 g/mol. The molecule has 0 aromatic rings. The van der Waals surface area contributed by atoms with E-state index in [9.17, 15) is 4.79 Å². The molecule has 0 aromatic carbocycles. The first kappa shape index (κ1) is 8.97. The number of likely N-dealkylation sites (tertiary alicyclic amines) is 1. The van der Waals surface area contributed by atoms with Gasteiger partial charge in [-0.1, -0.05) is 0 Å². The molecule has 4 nitrogen and oxygen atoms in total. The number of nitrogens with zero attached hydrogens (tertiary/aromatic N) is 1. The molecule has 1 amide bonds. The van der Waals surface area contributed by atoms with Crippen LogP contribution < -0.4 is 5.73 Å². The molecule has 0 spiro atoms. The van der Waals surface area contributed by atoms with Crippen LogP contribution in [0.3, 0.4) is 0 Å². The van der Waals surface area contributed by atoms with Gasteiger partial charge in [-0.2, -0.15) is 0 Å². The third-order valence-electron chi connectivity index (χ3n) is 3.17. The van der Waals surface area contributed by atoms with E-state index in [-0.39, 0.29) is 18.4 Å². The van der Waals surface area contributed by atoms with Gasteiger partial charge >= 0.3 is 0 Å². The van der Waals surface area contributed by atoms with Crippen molar-refractivity contribution in [2.24, 2.45) is 11.7 Å². The van der Waals surface area contributed by atoms with E-state index in [1.807, 2.05) is 0 Å². The third kappa shape index (κ3) is 1.34. The van der Waals surface area contributed by atoms with E-state index in [0.717, 1.165) is 19.3 Å². The number of amides is 1. The minimum Gasteiger partial charge on any atom is -0.396 e. The molecule has 1 heterocycles. The predicted octanol–water partition coefficient (Wildman–Crippen LogP) is -0.682. The Kier molecular flexibility index (Phi) is 2.04. The topological polar surface area (TPSA) is 66.6 Å². The molecule has 2 rings (SSSR count). The molecule has 13 heavy (non-hydrogen) atoms. The minimum absolute atomic E-state index is 0.0865. The minimum atomic E-state index is -0.555. The molecule has 1 aliphatic carbocycles. The van der Waals surface area contributed by atoms with Crippen LogP contribution in [-0.2, 0) is 4.79 Å². The van der Waals surface area contributed by atoms with Crippen LogP contribution in [0.5, 0.6) is 0 Å². The van der Waals surface area contributed by atoms with Crippen molar-refractivity contribution in [3.63, 3.8) is 0 Å². The van der Waals surface area contributed by atoms with E-state index < -0.39 is 5.54 Å². The molecule has 0 atom stereocenters. The van der Waals surface area contributed by atoms with Crippen LogP contribution in [0.4, 0.5) is 0 Å². The van der Waals surface area contributed by atoms with Crippen molar-refractivity contribution in [2.45, 2.75) is 24.8 Å². The SMILES string of the molecule is NC1(C(=O)N2CC(CO)C2)CCC1. The summed E-state index contributed by atoms with van der Waals surface area (Å²) in [4.78, 5) is 13.5. The number of rotatable bonds is 2. The molecule has 1 aliphatic heterocycles. The highest BCUT2D eigenvalue weighted by Crippen LogP contribution is 2.32. The molecular weight excluding hydrogens is 168 g/mol. The number of carbonyl (C=O) groups is 1. The second-order valence-corrected chi connectivity index (χ2v) is 4.27. The first-order chi connectivity index (χ1) is 6.15. The Morgan fingerprint density at radius 2 is 2.15 bits per heavy atom. The molecule has 2 fully saturated rings. The van der Waals surface area contributed by atoms with E-state index in [4.69, 9.17) is 10.8 Å². The van der Waals surface area contributed by atoms with E-state index >= 15 is 0 Å².